The molecule has 0 spiro atoms. The Morgan fingerprint density at radius 1 is 1.29 bits per heavy atom. The summed E-state index contributed by atoms with van der Waals surface area (Å²) >= 11 is 0. The minimum atomic E-state index is -4.40. The van der Waals surface area contributed by atoms with Gasteiger partial charge in [0.15, 0.2) is 0 Å². The van der Waals surface area contributed by atoms with Gasteiger partial charge in [-0.1, -0.05) is 18.2 Å². The van der Waals surface area contributed by atoms with Gasteiger partial charge in [0, 0.05) is 25.0 Å². The fraction of sp³-hybridized carbons (Fsp3) is 0.588. The molecule has 7 heteroatoms. The Morgan fingerprint density at radius 2 is 1.96 bits per heavy atom. The normalized spacial score (nSPS) is 22.4. The lowest BCUT2D eigenvalue weighted by atomic mass is 9.86. The monoisotopic (exact) mass is 344 g/mol. The lowest BCUT2D eigenvalue weighted by Crippen LogP contribution is -2.49. The number of amides is 1. The molecule has 134 valence electrons. The summed E-state index contributed by atoms with van der Waals surface area (Å²) in [6.45, 7) is 5.99. The molecular formula is C17H23F3N2O2. The smallest absolute Gasteiger partial charge is 0.416 e. The third-order valence-electron chi connectivity index (χ3n) is 3.96. The van der Waals surface area contributed by atoms with Crippen LogP contribution in [0.3, 0.4) is 0 Å². The van der Waals surface area contributed by atoms with Crippen molar-refractivity contribution in [3.8, 4) is 0 Å². The average molecular weight is 344 g/mol. The second kappa shape index (κ2) is 6.63. The molecule has 2 rings (SSSR count). The number of carbonyl (C=O) groups excluding carboxylic acids is 1. The summed E-state index contributed by atoms with van der Waals surface area (Å²) < 4.78 is 44.1. The van der Waals surface area contributed by atoms with Crippen LogP contribution in [0.5, 0.6) is 0 Å². The van der Waals surface area contributed by atoms with Crippen molar-refractivity contribution < 1.29 is 22.7 Å². The number of carbonyl (C=O) groups is 1. The van der Waals surface area contributed by atoms with E-state index in [1.807, 2.05) is 0 Å². The average Bonchev–Trinajstić information content (AvgIpc) is 2.45. The highest BCUT2D eigenvalue weighted by atomic mass is 19.4. The Bertz CT molecular complexity index is 596. The number of alkyl halides is 3. The molecule has 1 aliphatic heterocycles. The summed E-state index contributed by atoms with van der Waals surface area (Å²) in [7, 11) is 0. The van der Waals surface area contributed by atoms with Gasteiger partial charge in [0.1, 0.15) is 5.60 Å². The molecule has 2 atom stereocenters. The molecule has 0 saturated carbocycles. The molecule has 1 aliphatic rings. The van der Waals surface area contributed by atoms with Gasteiger partial charge in [0.25, 0.3) is 0 Å². The van der Waals surface area contributed by atoms with Gasteiger partial charge in [0.2, 0.25) is 0 Å². The van der Waals surface area contributed by atoms with Crippen molar-refractivity contribution in [1.29, 1.82) is 0 Å². The van der Waals surface area contributed by atoms with Gasteiger partial charge in [-0.15, -0.1) is 0 Å². The van der Waals surface area contributed by atoms with Crippen LogP contribution in [0, 0.1) is 0 Å². The van der Waals surface area contributed by atoms with Gasteiger partial charge in [-0.3, -0.25) is 0 Å². The van der Waals surface area contributed by atoms with E-state index in [4.69, 9.17) is 10.5 Å². The standard InChI is InChI=1S/C17H23F3N2O2/c1-16(2,3)24-15(23)22-8-7-14(21)13(10-22)11-5-4-6-12(9-11)17(18,19)20/h4-6,9,13-14H,7-8,10,21H2,1-3H3. The first kappa shape index (κ1) is 18.6. The molecule has 2 unspecified atom stereocenters. The Kier molecular flexibility index (Phi) is 5.13. The number of nitrogens with two attached hydrogens (primary N) is 1. The largest absolute Gasteiger partial charge is 0.444 e. The van der Waals surface area contributed by atoms with Gasteiger partial charge in [0.05, 0.1) is 5.56 Å². The lowest BCUT2D eigenvalue weighted by molar-refractivity contribution is -0.137. The fourth-order valence-corrected chi connectivity index (χ4v) is 2.76. The summed E-state index contributed by atoms with van der Waals surface area (Å²) in [5.41, 5.74) is 5.26. The number of halogens is 3. The molecule has 1 amide bonds. The van der Waals surface area contributed by atoms with E-state index in [9.17, 15) is 18.0 Å². The van der Waals surface area contributed by atoms with E-state index in [0.29, 0.717) is 18.5 Å². The van der Waals surface area contributed by atoms with Crippen LogP contribution in [0.4, 0.5) is 18.0 Å². The molecule has 1 saturated heterocycles. The molecule has 0 bridgehead atoms. The molecule has 4 nitrogen and oxygen atoms in total. The maximum Gasteiger partial charge on any atom is 0.416 e. The maximum atomic E-state index is 12.9. The first-order valence-corrected chi connectivity index (χ1v) is 7.88. The minimum Gasteiger partial charge on any atom is -0.444 e. The van der Waals surface area contributed by atoms with Gasteiger partial charge in [-0.2, -0.15) is 13.2 Å². The maximum absolute atomic E-state index is 12.9. The van der Waals surface area contributed by atoms with Crippen molar-refractivity contribution in [2.45, 2.75) is 50.9 Å². The van der Waals surface area contributed by atoms with Crippen LogP contribution in [0.15, 0.2) is 24.3 Å². The van der Waals surface area contributed by atoms with Crippen molar-refractivity contribution in [1.82, 2.24) is 4.90 Å². The first-order valence-electron chi connectivity index (χ1n) is 7.88. The van der Waals surface area contributed by atoms with Crippen LogP contribution in [0.1, 0.15) is 44.2 Å². The van der Waals surface area contributed by atoms with Crippen molar-refractivity contribution in [2.24, 2.45) is 5.73 Å². The topological polar surface area (TPSA) is 55.6 Å². The van der Waals surface area contributed by atoms with Crippen molar-refractivity contribution in [2.75, 3.05) is 13.1 Å². The summed E-state index contributed by atoms with van der Waals surface area (Å²) in [4.78, 5) is 13.7. The zero-order valence-corrected chi connectivity index (χ0v) is 14.1. The molecule has 0 aliphatic carbocycles. The van der Waals surface area contributed by atoms with E-state index in [2.05, 4.69) is 0 Å². The van der Waals surface area contributed by atoms with E-state index in [0.717, 1.165) is 12.1 Å². The molecule has 0 aromatic heterocycles. The third-order valence-corrected chi connectivity index (χ3v) is 3.96. The Balaban J connectivity index is 2.19. The van der Waals surface area contributed by atoms with Gasteiger partial charge in [-0.25, -0.2) is 4.79 Å². The zero-order valence-electron chi connectivity index (χ0n) is 14.1. The predicted molar refractivity (Wildman–Crippen MR) is 84.6 cm³/mol. The number of benzene rings is 1. The number of rotatable bonds is 1. The van der Waals surface area contributed by atoms with Crippen LogP contribution >= 0.6 is 0 Å². The summed E-state index contributed by atoms with van der Waals surface area (Å²) in [5, 5.41) is 0. The number of hydrogen-bond acceptors (Lipinski definition) is 3. The van der Waals surface area contributed by atoms with E-state index in [1.165, 1.54) is 11.0 Å². The van der Waals surface area contributed by atoms with Crippen molar-refractivity contribution in [3.63, 3.8) is 0 Å². The van der Waals surface area contributed by atoms with E-state index in [-0.39, 0.29) is 18.5 Å². The van der Waals surface area contributed by atoms with Crippen molar-refractivity contribution in [3.05, 3.63) is 35.4 Å². The van der Waals surface area contributed by atoms with Gasteiger partial charge >= 0.3 is 12.3 Å². The molecule has 1 aromatic rings. The molecule has 0 radical (unpaired) electrons. The molecule has 1 heterocycles. The highest BCUT2D eigenvalue weighted by molar-refractivity contribution is 5.68. The van der Waals surface area contributed by atoms with Crippen LogP contribution in [0.2, 0.25) is 0 Å². The van der Waals surface area contributed by atoms with E-state index in [1.54, 1.807) is 26.8 Å². The van der Waals surface area contributed by atoms with Crippen LogP contribution in [0.25, 0.3) is 0 Å². The number of piperidine rings is 1. The van der Waals surface area contributed by atoms with Crippen LogP contribution in [-0.2, 0) is 10.9 Å². The summed E-state index contributed by atoms with van der Waals surface area (Å²) in [6.07, 6.45) is -4.36. The highest BCUT2D eigenvalue weighted by Gasteiger charge is 2.35. The van der Waals surface area contributed by atoms with Crippen molar-refractivity contribution >= 4 is 6.09 Å². The second-order valence-electron chi connectivity index (χ2n) is 7.11. The fourth-order valence-electron chi connectivity index (χ4n) is 2.76. The van der Waals surface area contributed by atoms with Crippen LogP contribution < -0.4 is 5.73 Å². The molecule has 1 fully saturated rings. The summed E-state index contributed by atoms with van der Waals surface area (Å²) in [5.74, 6) is -0.353. The molecule has 24 heavy (non-hydrogen) atoms. The number of ether oxygens (including phenoxy) is 1. The van der Waals surface area contributed by atoms with E-state index >= 15 is 0 Å². The minimum absolute atomic E-state index is 0.247. The zero-order chi connectivity index (χ0) is 18.1. The SMILES string of the molecule is CC(C)(C)OC(=O)N1CCC(N)C(c2cccc(C(F)(F)F)c2)C1. The van der Waals surface area contributed by atoms with Crippen LogP contribution in [-0.4, -0.2) is 35.7 Å². The number of likely N-dealkylation sites (tertiary alicyclic amines) is 1. The molecular weight excluding hydrogens is 321 g/mol. The molecule has 2 N–H and O–H groups in total. The highest BCUT2D eigenvalue weighted by Crippen LogP contribution is 2.33. The predicted octanol–water partition coefficient (Wildman–Crippen LogP) is 3.76. The first-order chi connectivity index (χ1) is 11.0. The third kappa shape index (κ3) is 4.63. The Morgan fingerprint density at radius 3 is 2.54 bits per heavy atom. The quantitative estimate of drug-likeness (QED) is 0.844. The lowest BCUT2D eigenvalue weighted by Gasteiger charge is -2.38. The summed E-state index contributed by atoms with van der Waals surface area (Å²) in [6, 6.07) is 4.84. The Labute approximate surface area is 139 Å². The second-order valence-corrected chi connectivity index (χ2v) is 7.11. The number of nitrogens with zero attached hydrogens (tertiary/aromatic N) is 1. The van der Waals surface area contributed by atoms with Gasteiger partial charge < -0.3 is 15.4 Å². The molecule has 1 aromatic carbocycles. The number of hydrogen-bond donors (Lipinski definition) is 1. The van der Waals surface area contributed by atoms with E-state index < -0.39 is 23.4 Å². The van der Waals surface area contributed by atoms with Gasteiger partial charge in [-0.05, 0) is 38.8 Å². The Hall–Kier alpha value is -1.76.